The number of thiophene rings is 1. The zero-order valence-corrected chi connectivity index (χ0v) is 15.1. The summed E-state index contributed by atoms with van der Waals surface area (Å²) >= 11 is 13.5. The summed E-state index contributed by atoms with van der Waals surface area (Å²) in [4.78, 5) is 16.3. The van der Waals surface area contributed by atoms with Gasteiger partial charge in [0.15, 0.2) is 0 Å². The highest BCUT2D eigenvalue weighted by molar-refractivity contribution is 7.17. The Hall–Kier alpha value is -1.07. The molecule has 122 valence electrons. The van der Waals surface area contributed by atoms with Crippen molar-refractivity contribution in [2.75, 3.05) is 20.1 Å². The Kier molecular flexibility index (Phi) is 5.27. The lowest BCUT2D eigenvalue weighted by Gasteiger charge is -2.31. The van der Waals surface area contributed by atoms with Crippen molar-refractivity contribution in [3.8, 4) is 10.4 Å². The van der Waals surface area contributed by atoms with Crippen LogP contribution in [0.15, 0.2) is 30.3 Å². The molecule has 0 unspecified atom stereocenters. The second-order valence-electron chi connectivity index (χ2n) is 5.69. The van der Waals surface area contributed by atoms with Gasteiger partial charge in [-0.3, -0.25) is 4.79 Å². The Morgan fingerprint density at radius 1 is 1.17 bits per heavy atom. The fourth-order valence-corrected chi connectivity index (χ4v) is 4.07. The first-order valence-electron chi connectivity index (χ1n) is 7.59. The lowest BCUT2D eigenvalue weighted by atomic mass is 10.1. The summed E-state index contributed by atoms with van der Waals surface area (Å²) in [6.07, 6.45) is 2.01. The Labute approximate surface area is 150 Å². The van der Waals surface area contributed by atoms with Crippen LogP contribution in [-0.4, -0.2) is 37.0 Å². The standard InChI is InChI=1S/C17H18Cl2N2OS/c1-21(12-6-8-20-9-7-12)17(22)16-5-4-15(23-16)11-2-3-13(18)14(19)10-11/h2-5,10,12,20H,6-9H2,1H3. The SMILES string of the molecule is CN(C(=O)c1ccc(-c2ccc(Cl)c(Cl)c2)s1)C1CCNCC1. The van der Waals surface area contributed by atoms with Gasteiger partial charge in [-0.15, -0.1) is 11.3 Å². The van der Waals surface area contributed by atoms with Crippen LogP contribution >= 0.6 is 34.5 Å². The maximum atomic E-state index is 12.7. The topological polar surface area (TPSA) is 32.3 Å². The molecule has 3 rings (SSSR count). The van der Waals surface area contributed by atoms with E-state index in [0.717, 1.165) is 41.2 Å². The van der Waals surface area contributed by atoms with Gasteiger partial charge in [0.25, 0.3) is 5.91 Å². The van der Waals surface area contributed by atoms with Crippen molar-refractivity contribution in [3.63, 3.8) is 0 Å². The molecule has 0 saturated carbocycles. The molecule has 1 aliphatic rings. The number of hydrogen-bond acceptors (Lipinski definition) is 3. The minimum Gasteiger partial charge on any atom is -0.338 e. The molecule has 1 aromatic heterocycles. The average molecular weight is 369 g/mol. The van der Waals surface area contributed by atoms with E-state index in [1.165, 1.54) is 11.3 Å². The molecule has 1 aromatic carbocycles. The second-order valence-corrected chi connectivity index (χ2v) is 7.59. The molecule has 23 heavy (non-hydrogen) atoms. The number of nitrogens with one attached hydrogen (secondary N) is 1. The first-order valence-corrected chi connectivity index (χ1v) is 9.16. The van der Waals surface area contributed by atoms with Crippen LogP contribution < -0.4 is 5.32 Å². The summed E-state index contributed by atoms with van der Waals surface area (Å²) in [6, 6.07) is 9.71. The number of carbonyl (C=O) groups is 1. The van der Waals surface area contributed by atoms with Crippen molar-refractivity contribution in [3.05, 3.63) is 45.3 Å². The van der Waals surface area contributed by atoms with Gasteiger partial charge >= 0.3 is 0 Å². The van der Waals surface area contributed by atoms with Gasteiger partial charge in [-0.2, -0.15) is 0 Å². The minimum absolute atomic E-state index is 0.0909. The summed E-state index contributed by atoms with van der Waals surface area (Å²) < 4.78 is 0. The second kappa shape index (κ2) is 7.22. The van der Waals surface area contributed by atoms with Crippen molar-refractivity contribution in [1.82, 2.24) is 10.2 Å². The normalized spacial score (nSPS) is 15.6. The van der Waals surface area contributed by atoms with E-state index < -0.39 is 0 Å². The van der Waals surface area contributed by atoms with Crippen molar-refractivity contribution < 1.29 is 4.79 Å². The molecular weight excluding hydrogens is 351 g/mol. The molecule has 0 atom stereocenters. The van der Waals surface area contributed by atoms with Crippen LogP contribution in [0.3, 0.4) is 0 Å². The van der Waals surface area contributed by atoms with Gasteiger partial charge in [0.2, 0.25) is 0 Å². The first-order chi connectivity index (χ1) is 11.1. The molecule has 0 spiro atoms. The lowest BCUT2D eigenvalue weighted by Crippen LogP contribution is -2.43. The third-order valence-electron chi connectivity index (χ3n) is 4.20. The summed E-state index contributed by atoms with van der Waals surface area (Å²) in [5.41, 5.74) is 0.980. The van der Waals surface area contributed by atoms with Crippen molar-refractivity contribution in [1.29, 1.82) is 0 Å². The van der Waals surface area contributed by atoms with Gasteiger partial charge in [0.1, 0.15) is 0 Å². The van der Waals surface area contributed by atoms with E-state index in [4.69, 9.17) is 23.2 Å². The molecule has 0 radical (unpaired) electrons. The monoisotopic (exact) mass is 368 g/mol. The molecule has 1 N–H and O–H groups in total. The minimum atomic E-state index is 0.0909. The average Bonchev–Trinajstić information content (AvgIpc) is 3.07. The summed E-state index contributed by atoms with van der Waals surface area (Å²) in [5, 5.41) is 4.39. The van der Waals surface area contributed by atoms with Crippen LogP contribution in [0.25, 0.3) is 10.4 Å². The van der Waals surface area contributed by atoms with Crippen LogP contribution in [-0.2, 0) is 0 Å². The first kappa shape index (κ1) is 16.8. The Balaban J connectivity index is 1.77. The van der Waals surface area contributed by atoms with E-state index in [1.54, 1.807) is 6.07 Å². The van der Waals surface area contributed by atoms with Gasteiger partial charge in [0, 0.05) is 18.0 Å². The molecule has 2 aromatic rings. The molecular formula is C17H18Cl2N2OS. The number of amides is 1. The molecule has 1 amide bonds. The number of benzene rings is 1. The molecule has 1 saturated heterocycles. The molecule has 0 bridgehead atoms. The van der Waals surface area contributed by atoms with Gasteiger partial charge in [-0.1, -0.05) is 29.3 Å². The number of hydrogen-bond donors (Lipinski definition) is 1. The zero-order chi connectivity index (χ0) is 16.4. The van der Waals surface area contributed by atoms with Gasteiger partial charge in [-0.25, -0.2) is 0 Å². The number of rotatable bonds is 3. The lowest BCUT2D eigenvalue weighted by molar-refractivity contribution is 0.0708. The number of carbonyl (C=O) groups excluding carboxylic acids is 1. The van der Waals surface area contributed by atoms with E-state index in [2.05, 4.69) is 5.32 Å². The quantitative estimate of drug-likeness (QED) is 0.861. The molecule has 0 aliphatic carbocycles. The third-order valence-corrected chi connectivity index (χ3v) is 6.06. The Morgan fingerprint density at radius 2 is 1.91 bits per heavy atom. The Morgan fingerprint density at radius 3 is 2.61 bits per heavy atom. The van der Waals surface area contributed by atoms with Crippen molar-refractivity contribution in [2.24, 2.45) is 0 Å². The highest BCUT2D eigenvalue weighted by Gasteiger charge is 2.24. The fourth-order valence-electron chi connectivity index (χ4n) is 2.79. The smallest absolute Gasteiger partial charge is 0.263 e. The van der Waals surface area contributed by atoms with Crippen LogP contribution in [0.4, 0.5) is 0 Å². The molecule has 1 aliphatic heterocycles. The number of nitrogens with zero attached hydrogens (tertiary/aromatic N) is 1. The van der Waals surface area contributed by atoms with Gasteiger partial charge in [-0.05, 0) is 55.8 Å². The van der Waals surface area contributed by atoms with E-state index >= 15 is 0 Å². The number of halogens is 2. The van der Waals surface area contributed by atoms with Gasteiger partial charge in [0.05, 0.1) is 14.9 Å². The fraction of sp³-hybridized carbons (Fsp3) is 0.353. The van der Waals surface area contributed by atoms with Crippen molar-refractivity contribution >= 4 is 40.4 Å². The van der Waals surface area contributed by atoms with Crippen LogP contribution in [0.5, 0.6) is 0 Å². The summed E-state index contributed by atoms with van der Waals surface area (Å²) in [5.74, 6) is 0.0909. The predicted molar refractivity (Wildman–Crippen MR) is 97.8 cm³/mol. The molecule has 3 nitrogen and oxygen atoms in total. The van der Waals surface area contributed by atoms with Crippen molar-refractivity contribution in [2.45, 2.75) is 18.9 Å². The number of piperidine rings is 1. The van der Waals surface area contributed by atoms with Crippen LogP contribution in [0.2, 0.25) is 10.0 Å². The maximum absolute atomic E-state index is 12.7. The van der Waals surface area contributed by atoms with Gasteiger partial charge < -0.3 is 10.2 Å². The summed E-state index contributed by atoms with van der Waals surface area (Å²) in [6.45, 7) is 1.95. The molecule has 1 fully saturated rings. The van der Waals surface area contributed by atoms with E-state index in [1.807, 2.05) is 36.2 Å². The highest BCUT2D eigenvalue weighted by atomic mass is 35.5. The largest absolute Gasteiger partial charge is 0.338 e. The van der Waals surface area contributed by atoms with Crippen LogP contribution in [0.1, 0.15) is 22.5 Å². The maximum Gasteiger partial charge on any atom is 0.263 e. The predicted octanol–water partition coefficient (Wildman–Crippen LogP) is 4.55. The Bertz CT molecular complexity index is 710. The molecule has 6 heteroatoms. The zero-order valence-electron chi connectivity index (χ0n) is 12.8. The van der Waals surface area contributed by atoms with E-state index in [9.17, 15) is 4.79 Å². The van der Waals surface area contributed by atoms with Crippen LogP contribution in [0, 0.1) is 0 Å². The highest BCUT2D eigenvalue weighted by Crippen LogP contribution is 2.33. The third kappa shape index (κ3) is 3.72. The van der Waals surface area contributed by atoms with E-state index in [0.29, 0.717) is 16.1 Å². The van der Waals surface area contributed by atoms with E-state index in [-0.39, 0.29) is 5.91 Å². The molecule has 2 heterocycles. The summed E-state index contributed by atoms with van der Waals surface area (Å²) in [7, 11) is 1.90.